The van der Waals surface area contributed by atoms with Gasteiger partial charge in [0, 0.05) is 0 Å². The Hall–Kier alpha value is -0.150. The third-order valence-electron chi connectivity index (χ3n) is 2.60. The Morgan fingerprint density at radius 3 is 2.05 bits per heavy atom. The van der Waals surface area contributed by atoms with Crippen molar-refractivity contribution >= 4 is 7.82 Å². The van der Waals surface area contributed by atoms with E-state index in [1.54, 1.807) is 13.8 Å². The number of allylic oxidation sites excluding steroid dienone is 1. The summed E-state index contributed by atoms with van der Waals surface area (Å²) >= 11 is 0. The fraction of sp³-hybridized carbons (Fsp3) is 0.857. The number of phosphoric ester groups is 1. The first-order valence-electron chi connectivity index (χ1n) is 7.33. The van der Waals surface area contributed by atoms with E-state index >= 15 is 0 Å². The van der Waals surface area contributed by atoms with Crippen molar-refractivity contribution in [2.75, 3.05) is 19.8 Å². The first-order chi connectivity index (χ1) is 9.11. The molecule has 0 spiro atoms. The van der Waals surface area contributed by atoms with Crippen LogP contribution in [0.15, 0.2) is 11.6 Å². The minimum atomic E-state index is -3.36. The molecule has 0 N–H and O–H groups in total. The first kappa shape index (κ1) is 18.9. The van der Waals surface area contributed by atoms with Crippen molar-refractivity contribution in [2.24, 2.45) is 0 Å². The summed E-state index contributed by atoms with van der Waals surface area (Å²) in [6.07, 6.45) is 7.64. The molecule has 0 rings (SSSR count). The smallest absolute Gasteiger partial charge is 0.287 e. The van der Waals surface area contributed by atoms with E-state index in [-0.39, 0.29) is 6.61 Å². The Balaban J connectivity index is 4.34. The summed E-state index contributed by atoms with van der Waals surface area (Å²) in [5.41, 5.74) is 1.36. The van der Waals surface area contributed by atoms with E-state index < -0.39 is 7.82 Å². The molecule has 0 aromatic rings. The van der Waals surface area contributed by atoms with Crippen LogP contribution in [-0.2, 0) is 18.1 Å². The van der Waals surface area contributed by atoms with E-state index in [0.717, 1.165) is 19.3 Å². The highest BCUT2D eigenvalue weighted by Crippen LogP contribution is 2.49. The van der Waals surface area contributed by atoms with Gasteiger partial charge in [-0.15, -0.1) is 0 Å². The summed E-state index contributed by atoms with van der Waals surface area (Å²) < 4.78 is 27.5. The predicted octanol–water partition coefficient (Wildman–Crippen LogP) is 5.10. The Morgan fingerprint density at radius 2 is 1.58 bits per heavy atom. The minimum absolute atomic E-state index is 0.288. The molecule has 19 heavy (non-hydrogen) atoms. The van der Waals surface area contributed by atoms with Gasteiger partial charge < -0.3 is 0 Å². The van der Waals surface area contributed by atoms with Gasteiger partial charge in [0.25, 0.3) is 0 Å². The summed E-state index contributed by atoms with van der Waals surface area (Å²) in [5.74, 6) is 0. The maximum Gasteiger partial charge on any atom is 0.475 e. The molecule has 5 heteroatoms. The average molecular weight is 292 g/mol. The van der Waals surface area contributed by atoms with Crippen LogP contribution in [0.4, 0.5) is 0 Å². The Kier molecular flexibility index (Phi) is 11.6. The summed E-state index contributed by atoms with van der Waals surface area (Å²) in [4.78, 5) is 0. The molecule has 114 valence electrons. The van der Waals surface area contributed by atoms with Gasteiger partial charge in [0.05, 0.1) is 19.8 Å². The van der Waals surface area contributed by atoms with Gasteiger partial charge in [-0.1, -0.05) is 38.3 Å². The van der Waals surface area contributed by atoms with Crippen LogP contribution in [0.1, 0.15) is 59.8 Å². The van der Waals surface area contributed by atoms with Crippen LogP contribution >= 0.6 is 7.82 Å². The lowest BCUT2D eigenvalue weighted by molar-refractivity contribution is 0.131. The van der Waals surface area contributed by atoms with Crippen molar-refractivity contribution in [3.8, 4) is 0 Å². The van der Waals surface area contributed by atoms with Crippen LogP contribution in [0.25, 0.3) is 0 Å². The van der Waals surface area contributed by atoms with Crippen LogP contribution in [0, 0.1) is 0 Å². The zero-order chi connectivity index (χ0) is 14.6. The van der Waals surface area contributed by atoms with Crippen molar-refractivity contribution in [2.45, 2.75) is 59.8 Å². The van der Waals surface area contributed by atoms with Gasteiger partial charge in [0.1, 0.15) is 0 Å². The second-order valence-corrected chi connectivity index (χ2v) is 5.96. The average Bonchev–Trinajstić information content (AvgIpc) is 2.36. The standard InChI is InChI=1S/C14H29O4P/c1-5-9-11-14(10-6-2)12-13-18-19(15,16-7-3)17-8-4/h12H,5-11,13H2,1-4H3/b14-12-. The molecule has 0 aliphatic carbocycles. The highest BCUT2D eigenvalue weighted by atomic mass is 31.2. The van der Waals surface area contributed by atoms with Crippen LogP contribution in [0.2, 0.25) is 0 Å². The second kappa shape index (κ2) is 11.7. The number of unbranched alkanes of at least 4 members (excludes halogenated alkanes) is 1. The molecule has 4 nitrogen and oxygen atoms in total. The van der Waals surface area contributed by atoms with E-state index in [0.29, 0.717) is 13.2 Å². The van der Waals surface area contributed by atoms with Crippen LogP contribution < -0.4 is 0 Å². The number of phosphoric acid groups is 1. The highest BCUT2D eigenvalue weighted by molar-refractivity contribution is 7.48. The Labute approximate surface area is 118 Å². The van der Waals surface area contributed by atoms with Crippen molar-refractivity contribution < 1.29 is 18.1 Å². The zero-order valence-corrected chi connectivity index (χ0v) is 13.7. The largest absolute Gasteiger partial charge is 0.475 e. The lowest BCUT2D eigenvalue weighted by Gasteiger charge is -2.15. The van der Waals surface area contributed by atoms with Crippen LogP contribution in [0.3, 0.4) is 0 Å². The van der Waals surface area contributed by atoms with Gasteiger partial charge in [0.2, 0.25) is 0 Å². The SMILES string of the molecule is CCCC/C(=C\COP(=O)(OCC)OCC)CCC. The molecule has 0 aromatic heterocycles. The van der Waals surface area contributed by atoms with Crippen molar-refractivity contribution in [3.63, 3.8) is 0 Å². The van der Waals surface area contributed by atoms with E-state index in [4.69, 9.17) is 13.6 Å². The fourth-order valence-electron chi connectivity index (χ4n) is 1.73. The molecule has 0 amide bonds. The molecule has 0 bridgehead atoms. The molecule has 0 saturated heterocycles. The maximum atomic E-state index is 12.1. The van der Waals surface area contributed by atoms with Crippen molar-refractivity contribution in [1.82, 2.24) is 0 Å². The third kappa shape index (κ3) is 9.39. The van der Waals surface area contributed by atoms with E-state index in [1.165, 1.54) is 18.4 Å². The van der Waals surface area contributed by atoms with Gasteiger partial charge in [-0.3, -0.25) is 13.6 Å². The highest BCUT2D eigenvalue weighted by Gasteiger charge is 2.24. The summed E-state index contributed by atoms with van der Waals surface area (Å²) in [7, 11) is -3.36. The van der Waals surface area contributed by atoms with E-state index in [9.17, 15) is 4.57 Å². The monoisotopic (exact) mass is 292 g/mol. The molecule has 0 aliphatic rings. The molecular formula is C14H29O4P. The van der Waals surface area contributed by atoms with Gasteiger partial charge in [-0.2, -0.15) is 0 Å². The quantitative estimate of drug-likeness (QED) is 0.371. The van der Waals surface area contributed by atoms with Crippen LogP contribution in [0.5, 0.6) is 0 Å². The van der Waals surface area contributed by atoms with Gasteiger partial charge >= 0.3 is 7.82 Å². The van der Waals surface area contributed by atoms with E-state index in [1.807, 2.05) is 6.08 Å². The molecule has 0 heterocycles. The molecule has 0 saturated carbocycles. The molecule has 0 unspecified atom stereocenters. The Bertz CT molecular complexity index is 279. The normalized spacial score (nSPS) is 12.9. The van der Waals surface area contributed by atoms with Gasteiger partial charge in [-0.05, 0) is 33.1 Å². The summed E-state index contributed by atoms with van der Waals surface area (Å²) in [6, 6.07) is 0. The number of hydrogen-bond acceptors (Lipinski definition) is 4. The first-order valence-corrected chi connectivity index (χ1v) is 8.79. The molecule has 0 radical (unpaired) electrons. The van der Waals surface area contributed by atoms with Gasteiger partial charge in [-0.25, -0.2) is 4.57 Å². The number of hydrogen-bond donors (Lipinski definition) is 0. The lowest BCUT2D eigenvalue weighted by atomic mass is 10.0. The predicted molar refractivity (Wildman–Crippen MR) is 79.3 cm³/mol. The van der Waals surface area contributed by atoms with Gasteiger partial charge in [0.15, 0.2) is 0 Å². The third-order valence-corrected chi connectivity index (χ3v) is 4.22. The Morgan fingerprint density at radius 1 is 0.947 bits per heavy atom. The van der Waals surface area contributed by atoms with Crippen molar-refractivity contribution in [3.05, 3.63) is 11.6 Å². The molecule has 0 fully saturated rings. The molecule has 0 atom stereocenters. The topological polar surface area (TPSA) is 44.8 Å². The molecule has 0 aromatic carbocycles. The molecule has 0 aliphatic heterocycles. The van der Waals surface area contributed by atoms with Crippen LogP contribution in [-0.4, -0.2) is 19.8 Å². The second-order valence-electron chi connectivity index (χ2n) is 4.29. The fourth-order valence-corrected chi connectivity index (χ4v) is 2.84. The maximum absolute atomic E-state index is 12.1. The van der Waals surface area contributed by atoms with E-state index in [2.05, 4.69) is 13.8 Å². The minimum Gasteiger partial charge on any atom is -0.287 e. The summed E-state index contributed by atoms with van der Waals surface area (Å²) in [5, 5.41) is 0. The lowest BCUT2D eigenvalue weighted by Crippen LogP contribution is -2.01. The molecular weight excluding hydrogens is 263 g/mol. The summed E-state index contributed by atoms with van der Waals surface area (Å²) in [6.45, 7) is 8.81. The number of rotatable bonds is 12. The van der Waals surface area contributed by atoms with Crippen molar-refractivity contribution in [1.29, 1.82) is 0 Å². The zero-order valence-electron chi connectivity index (χ0n) is 12.8.